The third-order valence-corrected chi connectivity index (χ3v) is 3.66. The van der Waals surface area contributed by atoms with Crippen molar-refractivity contribution in [2.75, 3.05) is 0 Å². The van der Waals surface area contributed by atoms with Crippen LogP contribution < -0.4 is 0 Å². The molecule has 1 aromatic heterocycles. The van der Waals surface area contributed by atoms with Gasteiger partial charge in [-0.15, -0.1) is 0 Å². The van der Waals surface area contributed by atoms with Gasteiger partial charge in [-0.25, -0.2) is 0 Å². The van der Waals surface area contributed by atoms with Gasteiger partial charge in [0.05, 0.1) is 5.52 Å². The minimum Gasteiger partial charge on any atom is -0.256 e. The van der Waals surface area contributed by atoms with Gasteiger partial charge in [0.1, 0.15) is 0 Å². The molecule has 0 fully saturated rings. The quantitative estimate of drug-likeness (QED) is 0.586. The molecule has 20 heavy (non-hydrogen) atoms. The minimum atomic E-state index is 0.0990. The summed E-state index contributed by atoms with van der Waals surface area (Å²) in [7, 11) is 0. The molecule has 3 rings (SSSR count). The first-order chi connectivity index (χ1) is 9.57. The fourth-order valence-corrected chi connectivity index (χ4v) is 2.65. The number of benzene rings is 2. The van der Waals surface area contributed by atoms with Gasteiger partial charge in [0.25, 0.3) is 0 Å². The smallest absolute Gasteiger partial charge is 0.0745 e. The first kappa shape index (κ1) is 12.9. The molecule has 0 saturated carbocycles. The molecule has 0 saturated heterocycles. The maximum absolute atomic E-state index is 4.63. The molecule has 100 valence electrons. The van der Waals surface area contributed by atoms with Crippen LogP contribution in [0.15, 0.2) is 60.8 Å². The standard InChI is InChI=1S/C19H19N/c1-19(2,3)17-12-11-15(14-8-5-4-6-9-14)16-10-7-13-20-18(16)17/h4-13H,1-3H3. The molecule has 0 amide bonds. The summed E-state index contributed by atoms with van der Waals surface area (Å²) in [5.41, 5.74) is 5.00. The number of rotatable bonds is 1. The van der Waals surface area contributed by atoms with Gasteiger partial charge >= 0.3 is 0 Å². The molecule has 0 N–H and O–H groups in total. The molecule has 1 nitrogen and oxygen atoms in total. The average molecular weight is 261 g/mol. The predicted octanol–water partition coefficient (Wildman–Crippen LogP) is 5.20. The van der Waals surface area contributed by atoms with E-state index in [0.29, 0.717) is 0 Å². The van der Waals surface area contributed by atoms with Crippen molar-refractivity contribution in [2.45, 2.75) is 26.2 Å². The van der Waals surface area contributed by atoms with Gasteiger partial charge in [-0.05, 0) is 28.2 Å². The molecule has 0 unspecified atom stereocenters. The van der Waals surface area contributed by atoms with Crippen LogP contribution in [0.2, 0.25) is 0 Å². The first-order valence-corrected chi connectivity index (χ1v) is 7.01. The molecule has 0 bridgehead atoms. The van der Waals surface area contributed by atoms with E-state index >= 15 is 0 Å². The summed E-state index contributed by atoms with van der Waals surface area (Å²) in [5.74, 6) is 0. The topological polar surface area (TPSA) is 12.9 Å². The van der Waals surface area contributed by atoms with Crippen molar-refractivity contribution < 1.29 is 0 Å². The highest BCUT2D eigenvalue weighted by atomic mass is 14.7. The Morgan fingerprint density at radius 2 is 1.55 bits per heavy atom. The molecule has 3 aromatic rings. The lowest BCUT2D eigenvalue weighted by Crippen LogP contribution is -2.12. The van der Waals surface area contributed by atoms with Crippen LogP contribution in [0.5, 0.6) is 0 Å². The Morgan fingerprint density at radius 1 is 0.800 bits per heavy atom. The second kappa shape index (κ2) is 4.75. The monoisotopic (exact) mass is 261 g/mol. The lowest BCUT2D eigenvalue weighted by Gasteiger charge is -2.21. The molecule has 1 heteroatoms. The van der Waals surface area contributed by atoms with Crippen molar-refractivity contribution in [1.82, 2.24) is 4.98 Å². The first-order valence-electron chi connectivity index (χ1n) is 7.01. The molecule has 0 aliphatic rings. The van der Waals surface area contributed by atoms with Crippen LogP contribution in [0.25, 0.3) is 22.0 Å². The van der Waals surface area contributed by atoms with E-state index in [1.54, 1.807) is 0 Å². The SMILES string of the molecule is CC(C)(C)c1ccc(-c2ccccc2)c2cccnc12. The highest BCUT2D eigenvalue weighted by Crippen LogP contribution is 2.34. The van der Waals surface area contributed by atoms with E-state index < -0.39 is 0 Å². The molecule has 0 aliphatic carbocycles. The Morgan fingerprint density at radius 3 is 2.25 bits per heavy atom. The Kier molecular flexibility index (Phi) is 3.06. The molecular weight excluding hydrogens is 242 g/mol. The molecule has 0 radical (unpaired) electrons. The summed E-state index contributed by atoms with van der Waals surface area (Å²) in [5, 5.41) is 1.23. The Bertz CT molecular complexity index is 737. The van der Waals surface area contributed by atoms with E-state index in [2.05, 4.69) is 68.2 Å². The van der Waals surface area contributed by atoms with Crippen molar-refractivity contribution in [2.24, 2.45) is 0 Å². The summed E-state index contributed by atoms with van der Waals surface area (Å²) in [6.07, 6.45) is 1.88. The zero-order valence-corrected chi connectivity index (χ0v) is 12.2. The van der Waals surface area contributed by atoms with Crippen LogP contribution >= 0.6 is 0 Å². The normalized spacial score (nSPS) is 11.8. The van der Waals surface area contributed by atoms with E-state index in [-0.39, 0.29) is 5.41 Å². The zero-order valence-electron chi connectivity index (χ0n) is 12.2. The molecule has 1 heterocycles. The number of hydrogen-bond acceptors (Lipinski definition) is 1. The second-order valence-electron chi connectivity index (χ2n) is 6.18. The summed E-state index contributed by atoms with van der Waals surface area (Å²) >= 11 is 0. The van der Waals surface area contributed by atoms with Crippen LogP contribution in [0.1, 0.15) is 26.3 Å². The highest BCUT2D eigenvalue weighted by molar-refractivity contribution is 5.96. The van der Waals surface area contributed by atoms with Crippen molar-refractivity contribution >= 4 is 10.9 Å². The van der Waals surface area contributed by atoms with Crippen LogP contribution in [0, 0.1) is 0 Å². The summed E-state index contributed by atoms with van der Waals surface area (Å²) in [6.45, 7) is 6.70. The number of fused-ring (bicyclic) bond motifs is 1. The summed E-state index contributed by atoms with van der Waals surface area (Å²) in [4.78, 5) is 4.63. The maximum atomic E-state index is 4.63. The van der Waals surface area contributed by atoms with Crippen molar-refractivity contribution in [3.63, 3.8) is 0 Å². The van der Waals surface area contributed by atoms with Gasteiger partial charge in [0, 0.05) is 11.6 Å². The van der Waals surface area contributed by atoms with Crippen LogP contribution in [-0.2, 0) is 5.41 Å². The minimum absolute atomic E-state index is 0.0990. The van der Waals surface area contributed by atoms with Gasteiger partial charge in [0.2, 0.25) is 0 Å². The van der Waals surface area contributed by atoms with Gasteiger partial charge < -0.3 is 0 Å². The van der Waals surface area contributed by atoms with E-state index in [4.69, 9.17) is 0 Å². The number of nitrogens with zero attached hydrogens (tertiary/aromatic N) is 1. The van der Waals surface area contributed by atoms with Crippen molar-refractivity contribution in [1.29, 1.82) is 0 Å². The zero-order chi connectivity index (χ0) is 14.2. The maximum Gasteiger partial charge on any atom is 0.0745 e. The average Bonchev–Trinajstić information content (AvgIpc) is 2.46. The highest BCUT2D eigenvalue weighted by Gasteiger charge is 2.19. The molecule has 2 aromatic carbocycles. The molecular formula is C19H19N. The van der Waals surface area contributed by atoms with E-state index in [0.717, 1.165) is 5.52 Å². The van der Waals surface area contributed by atoms with Gasteiger partial charge in [-0.1, -0.05) is 69.3 Å². The van der Waals surface area contributed by atoms with Crippen LogP contribution in [0.3, 0.4) is 0 Å². The number of aromatic nitrogens is 1. The van der Waals surface area contributed by atoms with E-state index in [9.17, 15) is 0 Å². The lowest BCUT2D eigenvalue weighted by atomic mass is 9.84. The lowest BCUT2D eigenvalue weighted by molar-refractivity contribution is 0.594. The fraction of sp³-hybridized carbons (Fsp3) is 0.211. The third kappa shape index (κ3) is 2.20. The Balaban J connectivity index is 2.33. The van der Waals surface area contributed by atoms with Gasteiger partial charge in [-0.3, -0.25) is 4.98 Å². The fourth-order valence-electron chi connectivity index (χ4n) is 2.65. The molecule has 0 atom stereocenters. The predicted molar refractivity (Wildman–Crippen MR) is 85.9 cm³/mol. The summed E-state index contributed by atoms with van der Waals surface area (Å²) in [6, 6.07) is 19.1. The molecule has 0 aliphatic heterocycles. The Hall–Kier alpha value is -2.15. The largest absolute Gasteiger partial charge is 0.256 e. The van der Waals surface area contributed by atoms with Crippen molar-refractivity contribution in [3.8, 4) is 11.1 Å². The Labute approximate surface area is 120 Å². The number of hydrogen-bond donors (Lipinski definition) is 0. The third-order valence-electron chi connectivity index (χ3n) is 3.66. The van der Waals surface area contributed by atoms with Crippen LogP contribution in [0.4, 0.5) is 0 Å². The van der Waals surface area contributed by atoms with Gasteiger partial charge in [-0.2, -0.15) is 0 Å². The van der Waals surface area contributed by atoms with E-state index in [1.165, 1.54) is 22.1 Å². The summed E-state index contributed by atoms with van der Waals surface area (Å²) < 4.78 is 0. The number of pyridine rings is 1. The van der Waals surface area contributed by atoms with E-state index in [1.807, 2.05) is 18.3 Å². The second-order valence-corrected chi connectivity index (χ2v) is 6.18. The molecule has 0 spiro atoms. The van der Waals surface area contributed by atoms with Crippen LogP contribution in [-0.4, -0.2) is 4.98 Å². The van der Waals surface area contributed by atoms with Crippen molar-refractivity contribution in [3.05, 3.63) is 66.4 Å². The van der Waals surface area contributed by atoms with Gasteiger partial charge in [0.15, 0.2) is 0 Å².